The third-order valence-electron chi connectivity index (χ3n) is 9.66. The zero-order valence-electron chi connectivity index (χ0n) is 37.5. The van der Waals surface area contributed by atoms with Crippen LogP contribution in [0.25, 0.3) is 0 Å². The van der Waals surface area contributed by atoms with Gasteiger partial charge < -0.3 is 14.2 Å². The van der Waals surface area contributed by atoms with Crippen LogP contribution in [-0.4, -0.2) is 37.2 Å². The number of rotatable bonds is 41. The van der Waals surface area contributed by atoms with Crippen molar-refractivity contribution in [1.82, 2.24) is 0 Å². The van der Waals surface area contributed by atoms with Gasteiger partial charge >= 0.3 is 17.9 Å². The number of ether oxygens (including phenoxy) is 3. The van der Waals surface area contributed by atoms with Crippen LogP contribution >= 0.6 is 0 Å². The molecule has 0 heterocycles. The van der Waals surface area contributed by atoms with Crippen LogP contribution in [0.5, 0.6) is 0 Å². The first-order valence-corrected chi connectivity index (χ1v) is 23.6. The number of carbonyl (C=O) groups is 3. The maximum atomic E-state index is 12.7. The average molecular weight is 807 g/mol. The van der Waals surface area contributed by atoms with Gasteiger partial charge in [0.25, 0.3) is 0 Å². The average Bonchev–Trinajstić information content (AvgIpc) is 3.22. The molecule has 0 saturated heterocycles. The number of esters is 3. The molecule has 6 heteroatoms. The predicted octanol–water partition coefficient (Wildman–Crippen LogP) is 15.3. The Bertz CT molecular complexity index is 1160. The highest BCUT2D eigenvalue weighted by atomic mass is 16.6. The van der Waals surface area contributed by atoms with Gasteiger partial charge in [-0.2, -0.15) is 0 Å². The van der Waals surface area contributed by atoms with Crippen molar-refractivity contribution in [1.29, 1.82) is 0 Å². The predicted molar refractivity (Wildman–Crippen MR) is 247 cm³/mol. The van der Waals surface area contributed by atoms with Gasteiger partial charge in [0.05, 0.1) is 0 Å². The normalized spacial score (nSPS) is 12.8. The van der Waals surface area contributed by atoms with Crippen LogP contribution in [-0.2, 0) is 28.6 Å². The largest absolute Gasteiger partial charge is 0.462 e. The Hall–Kier alpha value is -3.41. The number of carbonyl (C=O) groups excluding carboxylic acids is 3. The van der Waals surface area contributed by atoms with E-state index in [0.29, 0.717) is 12.8 Å². The zero-order chi connectivity index (χ0) is 42.3. The van der Waals surface area contributed by atoms with Crippen molar-refractivity contribution in [3.05, 3.63) is 85.1 Å². The van der Waals surface area contributed by atoms with E-state index >= 15 is 0 Å². The molecule has 0 fully saturated rings. The third kappa shape index (κ3) is 43.7. The topological polar surface area (TPSA) is 78.9 Å². The molecule has 0 bridgehead atoms. The van der Waals surface area contributed by atoms with Gasteiger partial charge in [0.2, 0.25) is 0 Å². The van der Waals surface area contributed by atoms with E-state index in [0.717, 1.165) is 109 Å². The lowest BCUT2D eigenvalue weighted by molar-refractivity contribution is -0.167. The van der Waals surface area contributed by atoms with Gasteiger partial charge in [-0.15, -0.1) is 0 Å². The van der Waals surface area contributed by atoms with E-state index in [1.54, 1.807) is 0 Å². The maximum absolute atomic E-state index is 12.7. The molecule has 330 valence electrons. The van der Waals surface area contributed by atoms with Crippen molar-refractivity contribution in [2.45, 2.75) is 213 Å². The molecule has 0 rings (SSSR count). The quantitative estimate of drug-likeness (QED) is 0.0201. The van der Waals surface area contributed by atoms with Crippen molar-refractivity contribution in [3.8, 4) is 0 Å². The van der Waals surface area contributed by atoms with Gasteiger partial charge in [0, 0.05) is 19.3 Å². The lowest BCUT2D eigenvalue weighted by atomic mass is 10.1. The van der Waals surface area contributed by atoms with Crippen LogP contribution in [0.1, 0.15) is 207 Å². The molecule has 0 aliphatic carbocycles. The van der Waals surface area contributed by atoms with E-state index in [2.05, 4.69) is 106 Å². The molecule has 0 amide bonds. The minimum atomic E-state index is -0.800. The van der Waals surface area contributed by atoms with Gasteiger partial charge in [-0.1, -0.05) is 189 Å². The van der Waals surface area contributed by atoms with E-state index in [9.17, 15) is 14.4 Å². The Labute approximate surface area is 356 Å². The Balaban J connectivity index is 4.43. The van der Waals surface area contributed by atoms with Crippen LogP contribution in [0.15, 0.2) is 85.1 Å². The first kappa shape index (κ1) is 54.6. The van der Waals surface area contributed by atoms with Gasteiger partial charge in [-0.3, -0.25) is 14.4 Å². The summed E-state index contributed by atoms with van der Waals surface area (Å²) < 4.78 is 16.7. The highest BCUT2D eigenvalue weighted by molar-refractivity contribution is 5.71. The van der Waals surface area contributed by atoms with E-state index in [1.807, 2.05) is 0 Å². The van der Waals surface area contributed by atoms with Crippen LogP contribution in [0, 0.1) is 0 Å². The minimum absolute atomic E-state index is 0.0978. The van der Waals surface area contributed by atoms with Crippen LogP contribution in [0.3, 0.4) is 0 Å². The fourth-order valence-electron chi connectivity index (χ4n) is 6.09. The van der Waals surface area contributed by atoms with Gasteiger partial charge in [0.15, 0.2) is 6.10 Å². The first-order valence-electron chi connectivity index (χ1n) is 23.6. The van der Waals surface area contributed by atoms with E-state index < -0.39 is 6.10 Å². The molecule has 0 aliphatic heterocycles. The molecule has 0 aromatic heterocycles. The molecule has 6 nitrogen and oxygen atoms in total. The molecule has 58 heavy (non-hydrogen) atoms. The summed E-state index contributed by atoms with van der Waals surface area (Å²) in [6.07, 6.45) is 58.5. The second-order valence-corrected chi connectivity index (χ2v) is 15.3. The number of allylic oxidation sites excluding steroid dienone is 14. The summed E-state index contributed by atoms with van der Waals surface area (Å²) >= 11 is 0. The SMILES string of the molecule is CC/C=C\C/C=C\C/C=C\C/C=C\C/C=C\CCCCCC(=O)OCC(COC(=O)CCCCCCCCCCCC)OC(=O)CCCCC/C=C\C=C/CCCC. The summed E-state index contributed by atoms with van der Waals surface area (Å²) in [5.41, 5.74) is 0. The van der Waals surface area contributed by atoms with Crippen molar-refractivity contribution in [2.75, 3.05) is 13.2 Å². The Morgan fingerprint density at radius 1 is 0.379 bits per heavy atom. The lowest BCUT2D eigenvalue weighted by Crippen LogP contribution is -2.30. The molecule has 0 spiro atoms. The van der Waals surface area contributed by atoms with E-state index in [4.69, 9.17) is 14.2 Å². The highest BCUT2D eigenvalue weighted by Crippen LogP contribution is 2.13. The van der Waals surface area contributed by atoms with E-state index in [-0.39, 0.29) is 37.5 Å². The second-order valence-electron chi connectivity index (χ2n) is 15.3. The fraction of sp³-hybridized carbons (Fsp3) is 0.673. The van der Waals surface area contributed by atoms with Crippen molar-refractivity contribution in [2.24, 2.45) is 0 Å². The third-order valence-corrected chi connectivity index (χ3v) is 9.66. The van der Waals surface area contributed by atoms with Crippen LogP contribution in [0.4, 0.5) is 0 Å². The molecular weight excluding hydrogens is 721 g/mol. The van der Waals surface area contributed by atoms with Gasteiger partial charge in [0.1, 0.15) is 13.2 Å². The molecule has 1 atom stereocenters. The summed E-state index contributed by atoms with van der Waals surface area (Å²) in [5.74, 6) is -0.968. The minimum Gasteiger partial charge on any atom is -0.462 e. The molecular formula is C52H86O6. The summed E-state index contributed by atoms with van der Waals surface area (Å²) in [6.45, 7) is 6.38. The zero-order valence-corrected chi connectivity index (χ0v) is 37.5. The molecule has 0 aromatic carbocycles. The second kappa shape index (κ2) is 46.3. The molecule has 1 unspecified atom stereocenters. The molecule has 0 saturated carbocycles. The molecule has 0 radical (unpaired) electrons. The standard InChI is InChI=1S/C52H86O6/c1-4-7-10-13-16-19-22-23-24-25-26-27-28-29-31-33-36-39-42-45-51(54)57-48-49(47-56-50(53)44-41-38-35-32-21-18-15-12-9-6-3)58-52(55)46-43-40-37-34-30-20-17-14-11-8-5-2/h7,10,14,16-17,19-20,23-24,26-27,29-31,49H,4-6,8-9,11-13,15,18,21-22,25,28,32-48H2,1-3H3/b10-7-,17-14-,19-16-,24-23-,27-26-,30-20-,31-29-. The van der Waals surface area contributed by atoms with Crippen molar-refractivity contribution >= 4 is 17.9 Å². The monoisotopic (exact) mass is 807 g/mol. The summed E-state index contributed by atoms with van der Waals surface area (Å²) in [7, 11) is 0. The fourth-order valence-corrected chi connectivity index (χ4v) is 6.09. The van der Waals surface area contributed by atoms with Crippen LogP contribution < -0.4 is 0 Å². The first-order chi connectivity index (χ1) is 28.5. The van der Waals surface area contributed by atoms with Crippen molar-refractivity contribution < 1.29 is 28.6 Å². The molecule has 0 aliphatic rings. The molecule has 0 N–H and O–H groups in total. The summed E-state index contributed by atoms with van der Waals surface area (Å²) in [6, 6.07) is 0. The molecule has 0 aromatic rings. The Morgan fingerprint density at radius 2 is 0.741 bits per heavy atom. The smallest absolute Gasteiger partial charge is 0.306 e. The van der Waals surface area contributed by atoms with E-state index in [1.165, 1.54) is 57.8 Å². The number of hydrogen-bond acceptors (Lipinski definition) is 6. The summed E-state index contributed by atoms with van der Waals surface area (Å²) in [4.78, 5) is 37.7. The summed E-state index contributed by atoms with van der Waals surface area (Å²) in [5, 5.41) is 0. The van der Waals surface area contributed by atoms with Gasteiger partial charge in [-0.25, -0.2) is 0 Å². The van der Waals surface area contributed by atoms with Crippen LogP contribution in [0.2, 0.25) is 0 Å². The number of hydrogen-bond donors (Lipinski definition) is 0. The highest BCUT2D eigenvalue weighted by Gasteiger charge is 2.19. The maximum Gasteiger partial charge on any atom is 0.306 e. The lowest BCUT2D eigenvalue weighted by Gasteiger charge is -2.18. The Morgan fingerprint density at radius 3 is 1.21 bits per heavy atom. The Kier molecular flexibility index (Phi) is 43.6. The number of unbranched alkanes of at least 4 members (excludes halogenated alkanes) is 17. The van der Waals surface area contributed by atoms with Crippen molar-refractivity contribution in [3.63, 3.8) is 0 Å². The van der Waals surface area contributed by atoms with Gasteiger partial charge in [-0.05, 0) is 83.5 Å².